The number of aromatic nitrogens is 1. The molecule has 0 bridgehead atoms. The minimum Gasteiger partial charge on any atom is -0.476 e. The molecule has 0 aliphatic carbocycles. The van der Waals surface area contributed by atoms with Crippen molar-refractivity contribution in [3.63, 3.8) is 0 Å². The molecule has 0 spiro atoms. The third kappa shape index (κ3) is 1.62. The number of hydrogen-bond donors (Lipinski definition) is 1. The van der Waals surface area contributed by atoms with Crippen molar-refractivity contribution in [2.24, 2.45) is 0 Å². The van der Waals surface area contributed by atoms with Gasteiger partial charge in [-0.05, 0) is 0 Å². The Hall–Kier alpha value is -1.23. The van der Waals surface area contributed by atoms with Crippen molar-refractivity contribution in [3.8, 4) is 0 Å². The highest BCUT2D eigenvalue weighted by Gasteiger charge is 2.10. The van der Waals surface area contributed by atoms with Crippen molar-refractivity contribution in [2.75, 3.05) is 0 Å². The number of thiazole rings is 1. The lowest BCUT2D eigenvalue weighted by Gasteiger charge is -1.81. The van der Waals surface area contributed by atoms with E-state index < -0.39 is 5.97 Å². The van der Waals surface area contributed by atoms with Gasteiger partial charge in [0, 0.05) is 13.1 Å². The molecule has 0 aromatic carbocycles. The summed E-state index contributed by atoms with van der Waals surface area (Å²) in [6, 6.07) is 0. The van der Waals surface area contributed by atoms with Gasteiger partial charge in [0.2, 0.25) is 5.01 Å². The Labute approximate surface area is 66.5 Å². The summed E-state index contributed by atoms with van der Waals surface area (Å²) in [6.45, 7) is 1.37. The number of carbonyl (C=O) groups is 2. The van der Waals surface area contributed by atoms with Crippen LogP contribution in [0.1, 0.15) is 26.4 Å². The molecule has 1 heterocycles. The maximum absolute atomic E-state index is 10.7. The van der Waals surface area contributed by atoms with Gasteiger partial charge in [-0.1, -0.05) is 0 Å². The Morgan fingerprint density at radius 3 is 2.55 bits per heavy atom. The second kappa shape index (κ2) is 2.79. The molecule has 0 saturated heterocycles. The summed E-state index contributed by atoms with van der Waals surface area (Å²) in [7, 11) is 0. The van der Waals surface area contributed by atoms with Gasteiger partial charge in [0.15, 0.2) is 5.78 Å². The first-order valence-electron chi connectivity index (χ1n) is 2.81. The zero-order valence-electron chi connectivity index (χ0n) is 5.70. The zero-order chi connectivity index (χ0) is 8.43. The molecule has 0 atom stereocenters. The van der Waals surface area contributed by atoms with E-state index in [0.29, 0.717) is 4.88 Å². The van der Waals surface area contributed by atoms with Crippen molar-refractivity contribution in [3.05, 3.63) is 16.1 Å². The molecule has 0 fully saturated rings. The van der Waals surface area contributed by atoms with Crippen LogP contribution in [0.15, 0.2) is 6.20 Å². The molecule has 0 unspecified atom stereocenters. The standard InChI is InChI=1S/C6H5NO3S/c1-3(8)4-2-7-5(11-4)6(9)10/h2H,1H3,(H,9,10). The molecular formula is C6H5NO3S. The molecule has 4 nitrogen and oxygen atoms in total. The smallest absolute Gasteiger partial charge is 0.365 e. The zero-order valence-corrected chi connectivity index (χ0v) is 6.51. The van der Waals surface area contributed by atoms with E-state index in [1.54, 1.807) is 0 Å². The average Bonchev–Trinajstić information content (AvgIpc) is 2.33. The lowest BCUT2D eigenvalue weighted by atomic mass is 10.4. The normalized spacial score (nSPS) is 9.55. The molecule has 0 aliphatic rings. The monoisotopic (exact) mass is 171 g/mol. The highest BCUT2D eigenvalue weighted by molar-refractivity contribution is 7.15. The summed E-state index contributed by atoms with van der Waals surface area (Å²) in [5, 5.41) is 8.37. The molecule has 1 N–H and O–H groups in total. The number of hydrogen-bond acceptors (Lipinski definition) is 4. The number of nitrogens with zero attached hydrogens (tertiary/aromatic N) is 1. The first-order valence-corrected chi connectivity index (χ1v) is 3.63. The Kier molecular flexibility index (Phi) is 2.00. The summed E-state index contributed by atoms with van der Waals surface area (Å²) < 4.78 is 0. The van der Waals surface area contributed by atoms with Gasteiger partial charge in [-0.15, -0.1) is 11.3 Å². The molecule has 1 rings (SSSR count). The van der Waals surface area contributed by atoms with Gasteiger partial charge < -0.3 is 5.11 Å². The van der Waals surface area contributed by atoms with Crippen LogP contribution >= 0.6 is 11.3 Å². The summed E-state index contributed by atoms with van der Waals surface area (Å²) in [6.07, 6.45) is 1.27. The van der Waals surface area contributed by atoms with Gasteiger partial charge in [0.1, 0.15) is 0 Å². The molecule has 0 saturated carbocycles. The van der Waals surface area contributed by atoms with Crippen molar-refractivity contribution in [1.29, 1.82) is 0 Å². The molecule has 1 aromatic heterocycles. The maximum Gasteiger partial charge on any atom is 0.365 e. The van der Waals surface area contributed by atoms with E-state index in [2.05, 4.69) is 4.98 Å². The first-order chi connectivity index (χ1) is 5.11. The van der Waals surface area contributed by atoms with Gasteiger partial charge >= 0.3 is 5.97 Å². The fourth-order valence-electron chi connectivity index (χ4n) is 0.536. The molecule has 5 heteroatoms. The molecular weight excluding hydrogens is 166 g/mol. The fourth-order valence-corrected chi connectivity index (χ4v) is 1.19. The number of aromatic carboxylic acids is 1. The lowest BCUT2D eigenvalue weighted by molar-refractivity contribution is 0.0696. The fraction of sp³-hybridized carbons (Fsp3) is 0.167. The van der Waals surface area contributed by atoms with E-state index in [1.807, 2.05) is 0 Å². The number of ketones is 1. The van der Waals surface area contributed by atoms with Gasteiger partial charge in [-0.2, -0.15) is 0 Å². The van der Waals surface area contributed by atoms with Crippen LogP contribution < -0.4 is 0 Å². The van der Waals surface area contributed by atoms with Crippen LogP contribution in [0.4, 0.5) is 0 Å². The third-order valence-corrected chi connectivity index (χ3v) is 2.12. The van der Waals surface area contributed by atoms with Crippen LogP contribution in [0, 0.1) is 0 Å². The average molecular weight is 171 g/mol. The summed E-state index contributed by atoms with van der Waals surface area (Å²) >= 11 is 0.889. The highest BCUT2D eigenvalue weighted by atomic mass is 32.1. The molecule has 11 heavy (non-hydrogen) atoms. The number of carbonyl (C=O) groups excluding carboxylic acids is 1. The Balaban J connectivity index is 2.99. The van der Waals surface area contributed by atoms with E-state index in [-0.39, 0.29) is 10.8 Å². The largest absolute Gasteiger partial charge is 0.476 e. The van der Waals surface area contributed by atoms with E-state index in [0.717, 1.165) is 11.3 Å². The third-order valence-electron chi connectivity index (χ3n) is 1.04. The van der Waals surface area contributed by atoms with E-state index in [9.17, 15) is 9.59 Å². The lowest BCUT2D eigenvalue weighted by Crippen LogP contribution is -1.92. The molecule has 1 aromatic rings. The summed E-state index contributed by atoms with van der Waals surface area (Å²) in [5.41, 5.74) is 0. The quantitative estimate of drug-likeness (QED) is 0.675. The molecule has 0 amide bonds. The van der Waals surface area contributed by atoms with Crippen LogP contribution in [0.3, 0.4) is 0 Å². The maximum atomic E-state index is 10.7. The number of Topliss-reactive ketones (excluding diaryl/α,β-unsaturated/α-hetero) is 1. The number of carboxylic acids is 1. The van der Waals surface area contributed by atoms with Crippen LogP contribution in [-0.2, 0) is 0 Å². The Bertz CT molecular complexity index is 276. The van der Waals surface area contributed by atoms with Crippen LogP contribution in [0.5, 0.6) is 0 Å². The Morgan fingerprint density at radius 1 is 1.64 bits per heavy atom. The predicted octanol–water partition coefficient (Wildman–Crippen LogP) is 1.04. The first kappa shape index (κ1) is 7.87. The SMILES string of the molecule is CC(=O)c1cnc(C(=O)O)s1. The van der Waals surface area contributed by atoms with Crippen molar-refractivity contribution in [2.45, 2.75) is 6.92 Å². The minimum atomic E-state index is -1.09. The van der Waals surface area contributed by atoms with E-state index >= 15 is 0 Å². The van der Waals surface area contributed by atoms with Crippen LogP contribution in [0.2, 0.25) is 0 Å². The Morgan fingerprint density at radius 2 is 2.27 bits per heavy atom. The number of carboxylic acid groups (broad SMARTS) is 1. The molecule has 0 aliphatic heterocycles. The van der Waals surface area contributed by atoms with Crippen molar-refractivity contribution < 1.29 is 14.7 Å². The topological polar surface area (TPSA) is 67.3 Å². The van der Waals surface area contributed by atoms with Crippen molar-refractivity contribution >= 4 is 23.1 Å². The number of rotatable bonds is 2. The summed E-state index contributed by atoms with van der Waals surface area (Å²) in [5.74, 6) is -1.25. The van der Waals surface area contributed by atoms with Gasteiger partial charge in [-0.25, -0.2) is 9.78 Å². The molecule has 58 valence electrons. The van der Waals surface area contributed by atoms with Crippen LogP contribution in [0.25, 0.3) is 0 Å². The molecule has 0 radical (unpaired) electrons. The predicted molar refractivity (Wildman–Crippen MR) is 39.1 cm³/mol. The minimum absolute atomic E-state index is 0.0461. The van der Waals surface area contributed by atoms with E-state index in [1.165, 1.54) is 13.1 Å². The second-order valence-electron chi connectivity index (χ2n) is 1.89. The van der Waals surface area contributed by atoms with Gasteiger partial charge in [-0.3, -0.25) is 4.79 Å². The van der Waals surface area contributed by atoms with Crippen LogP contribution in [-0.4, -0.2) is 21.8 Å². The van der Waals surface area contributed by atoms with E-state index in [4.69, 9.17) is 5.11 Å². The second-order valence-corrected chi connectivity index (χ2v) is 2.92. The highest BCUT2D eigenvalue weighted by Crippen LogP contribution is 2.12. The summed E-state index contributed by atoms with van der Waals surface area (Å²) in [4.78, 5) is 24.8. The van der Waals surface area contributed by atoms with Crippen molar-refractivity contribution in [1.82, 2.24) is 4.98 Å². The van der Waals surface area contributed by atoms with Gasteiger partial charge in [0.05, 0.1) is 4.88 Å². The van der Waals surface area contributed by atoms with Gasteiger partial charge in [0.25, 0.3) is 0 Å².